The molecular formula is C22H23N3O2. The predicted octanol–water partition coefficient (Wildman–Crippen LogP) is 4.60. The lowest BCUT2D eigenvalue weighted by Crippen LogP contribution is -2.45. The Labute approximate surface area is 158 Å². The van der Waals surface area contributed by atoms with E-state index >= 15 is 0 Å². The maximum atomic E-state index is 6.02. The van der Waals surface area contributed by atoms with Crippen molar-refractivity contribution in [1.29, 1.82) is 0 Å². The second-order valence-electron chi connectivity index (χ2n) is 7.54. The van der Waals surface area contributed by atoms with Gasteiger partial charge in [0.15, 0.2) is 5.58 Å². The summed E-state index contributed by atoms with van der Waals surface area (Å²) < 4.78 is 14.0. The van der Waals surface area contributed by atoms with Crippen LogP contribution in [0.25, 0.3) is 33.1 Å². The molecule has 27 heavy (non-hydrogen) atoms. The van der Waals surface area contributed by atoms with Crippen LogP contribution in [0.4, 0.5) is 6.01 Å². The van der Waals surface area contributed by atoms with E-state index in [9.17, 15) is 0 Å². The number of hydrogen-bond donors (Lipinski definition) is 0. The lowest BCUT2D eigenvalue weighted by atomic mass is 10.0. The Morgan fingerprint density at radius 1 is 0.963 bits per heavy atom. The molecule has 1 saturated heterocycles. The summed E-state index contributed by atoms with van der Waals surface area (Å²) in [7, 11) is 2.07. The molecule has 4 aromatic rings. The van der Waals surface area contributed by atoms with Crippen molar-refractivity contribution in [3.63, 3.8) is 0 Å². The van der Waals surface area contributed by atoms with Gasteiger partial charge in [-0.15, -0.1) is 0 Å². The van der Waals surface area contributed by atoms with Crippen LogP contribution in [0.5, 0.6) is 0 Å². The molecule has 2 atom stereocenters. The van der Waals surface area contributed by atoms with Crippen LogP contribution in [0, 0.1) is 0 Å². The number of ether oxygens (including phenoxy) is 1. The zero-order valence-electron chi connectivity index (χ0n) is 15.8. The van der Waals surface area contributed by atoms with Gasteiger partial charge in [-0.1, -0.05) is 12.1 Å². The van der Waals surface area contributed by atoms with Gasteiger partial charge in [0, 0.05) is 37.2 Å². The van der Waals surface area contributed by atoms with Gasteiger partial charge in [-0.3, -0.25) is 0 Å². The Morgan fingerprint density at radius 3 is 2.52 bits per heavy atom. The second kappa shape index (κ2) is 6.13. The first-order chi connectivity index (χ1) is 13.1. The Hall–Kier alpha value is -2.79. The summed E-state index contributed by atoms with van der Waals surface area (Å²) >= 11 is 0. The molecule has 0 N–H and O–H groups in total. The van der Waals surface area contributed by atoms with E-state index in [0.717, 1.165) is 29.8 Å². The minimum absolute atomic E-state index is 0.178. The minimum atomic E-state index is 0.178. The highest BCUT2D eigenvalue weighted by atomic mass is 16.5. The van der Waals surface area contributed by atoms with Crippen molar-refractivity contribution < 1.29 is 9.15 Å². The minimum Gasteiger partial charge on any atom is -0.423 e. The van der Waals surface area contributed by atoms with Gasteiger partial charge in [0.1, 0.15) is 5.52 Å². The number of rotatable bonds is 2. The molecule has 1 fully saturated rings. The quantitative estimate of drug-likeness (QED) is 0.523. The highest BCUT2D eigenvalue weighted by molar-refractivity contribution is 5.88. The molecule has 1 aliphatic rings. The van der Waals surface area contributed by atoms with Gasteiger partial charge in [-0.2, -0.15) is 4.98 Å². The van der Waals surface area contributed by atoms with Gasteiger partial charge in [0.05, 0.1) is 12.2 Å². The van der Waals surface area contributed by atoms with Gasteiger partial charge in [-0.25, -0.2) is 0 Å². The molecule has 2 aromatic carbocycles. The van der Waals surface area contributed by atoms with Crippen LogP contribution in [0.2, 0.25) is 0 Å². The molecule has 0 saturated carbocycles. The molecule has 5 nitrogen and oxygen atoms in total. The van der Waals surface area contributed by atoms with Crippen molar-refractivity contribution in [2.24, 2.45) is 7.05 Å². The molecule has 3 heterocycles. The number of aromatic nitrogens is 2. The summed E-state index contributed by atoms with van der Waals surface area (Å²) in [6, 6.07) is 15.6. The zero-order valence-corrected chi connectivity index (χ0v) is 15.8. The molecule has 1 aliphatic heterocycles. The number of aryl methyl sites for hydroxylation is 1. The van der Waals surface area contributed by atoms with Gasteiger partial charge in [-0.05, 0) is 55.3 Å². The first kappa shape index (κ1) is 16.4. The molecule has 0 aliphatic carbocycles. The SMILES string of the molecule is C[C@H]1CN(c2nc3cc(-c4ccc5c(ccn5C)c4)ccc3o2)C[C@H](C)O1. The third-order valence-electron chi connectivity index (χ3n) is 5.28. The fourth-order valence-electron chi connectivity index (χ4n) is 4.03. The summed E-state index contributed by atoms with van der Waals surface area (Å²) in [6.07, 6.45) is 2.44. The Bertz CT molecular complexity index is 1120. The summed E-state index contributed by atoms with van der Waals surface area (Å²) in [5.41, 5.74) is 5.29. The first-order valence-corrected chi connectivity index (χ1v) is 9.43. The van der Waals surface area contributed by atoms with Crippen molar-refractivity contribution in [2.45, 2.75) is 26.1 Å². The van der Waals surface area contributed by atoms with Crippen LogP contribution in [0.15, 0.2) is 53.1 Å². The topological polar surface area (TPSA) is 43.4 Å². The van der Waals surface area contributed by atoms with Crippen molar-refractivity contribution in [1.82, 2.24) is 9.55 Å². The second-order valence-corrected chi connectivity index (χ2v) is 7.54. The highest BCUT2D eigenvalue weighted by Crippen LogP contribution is 2.30. The van der Waals surface area contributed by atoms with Crippen LogP contribution >= 0.6 is 0 Å². The van der Waals surface area contributed by atoms with Crippen LogP contribution < -0.4 is 4.90 Å². The third-order valence-corrected chi connectivity index (χ3v) is 5.28. The smallest absolute Gasteiger partial charge is 0.298 e. The lowest BCUT2D eigenvalue weighted by molar-refractivity contribution is -0.00662. The van der Waals surface area contributed by atoms with Crippen molar-refractivity contribution in [3.8, 4) is 11.1 Å². The van der Waals surface area contributed by atoms with E-state index in [4.69, 9.17) is 14.1 Å². The molecular weight excluding hydrogens is 338 g/mol. The Balaban J connectivity index is 1.51. The summed E-state index contributed by atoms with van der Waals surface area (Å²) in [5.74, 6) is 0. The molecule has 2 aromatic heterocycles. The molecule has 0 spiro atoms. The number of nitrogens with zero attached hydrogens (tertiary/aromatic N) is 3. The number of anilines is 1. The van der Waals surface area contributed by atoms with E-state index in [1.165, 1.54) is 16.5 Å². The highest BCUT2D eigenvalue weighted by Gasteiger charge is 2.25. The molecule has 0 unspecified atom stereocenters. The molecule has 0 amide bonds. The van der Waals surface area contributed by atoms with Gasteiger partial charge in [0.25, 0.3) is 6.01 Å². The van der Waals surface area contributed by atoms with Crippen molar-refractivity contribution >= 4 is 28.0 Å². The lowest BCUT2D eigenvalue weighted by Gasteiger charge is -2.34. The Kier molecular flexibility index (Phi) is 3.72. The normalized spacial score (nSPS) is 20.6. The summed E-state index contributed by atoms with van der Waals surface area (Å²) in [4.78, 5) is 6.93. The number of morpholine rings is 1. The first-order valence-electron chi connectivity index (χ1n) is 9.43. The van der Waals surface area contributed by atoms with E-state index in [1.54, 1.807) is 0 Å². The maximum absolute atomic E-state index is 6.02. The predicted molar refractivity (Wildman–Crippen MR) is 108 cm³/mol. The standard InChI is InChI=1S/C22H23N3O2/c1-14-12-25(13-15(2)26-14)22-23-19-11-17(5-7-21(19)27-22)16-4-6-20-18(10-16)8-9-24(20)3/h4-11,14-15H,12-13H2,1-3H3/t14-,15-/m0/s1. The van der Waals surface area contributed by atoms with Crippen LogP contribution in [0.3, 0.4) is 0 Å². The van der Waals surface area contributed by atoms with E-state index in [0.29, 0.717) is 6.01 Å². The summed E-state index contributed by atoms with van der Waals surface area (Å²) in [5, 5.41) is 1.24. The average Bonchev–Trinajstić information content (AvgIpc) is 3.24. The zero-order chi connectivity index (χ0) is 18.5. The molecule has 0 radical (unpaired) electrons. The van der Waals surface area contributed by atoms with Crippen molar-refractivity contribution in [3.05, 3.63) is 48.7 Å². The monoisotopic (exact) mass is 361 g/mol. The Morgan fingerprint density at radius 2 is 1.70 bits per heavy atom. The molecule has 0 bridgehead atoms. The van der Waals surface area contributed by atoms with Gasteiger partial charge >= 0.3 is 0 Å². The van der Waals surface area contributed by atoms with E-state index < -0.39 is 0 Å². The fraction of sp³-hybridized carbons (Fsp3) is 0.318. The van der Waals surface area contributed by atoms with Crippen LogP contribution in [0.1, 0.15) is 13.8 Å². The van der Waals surface area contributed by atoms with E-state index in [1.807, 2.05) is 6.07 Å². The third kappa shape index (κ3) is 2.88. The van der Waals surface area contributed by atoms with Crippen LogP contribution in [-0.2, 0) is 11.8 Å². The fourth-order valence-corrected chi connectivity index (χ4v) is 4.03. The van der Waals surface area contributed by atoms with E-state index in [2.05, 4.69) is 73.0 Å². The molecule has 5 heteroatoms. The van der Waals surface area contributed by atoms with Gasteiger partial charge in [0.2, 0.25) is 0 Å². The summed E-state index contributed by atoms with van der Waals surface area (Å²) in [6.45, 7) is 5.77. The van der Waals surface area contributed by atoms with Crippen molar-refractivity contribution in [2.75, 3.05) is 18.0 Å². The molecule has 138 valence electrons. The number of oxazole rings is 1. The van der Waals surface area contributed by atoms with E-state index in [-0.39, 0.29) is 12.2 Å². The average molecular weight is 361 g/mol. The van der Waals surface area contributed by atoms with Gasteiger partial charge < -0.3 is 18.6 Å². The largest absolute Gasteiger partial charge is 0.423 e. The molecule has 5 rings (SSSR count). The maximum Gasteiger partial charge on any atom is 0.298 e. The van der Waals surface area contributed by atoms with Crippen LogP contribution in [-0.4, -0.2) is 34.8 Å². The number of benzene rings is 2. The number of fused-ring (bicyclic) bond motifs is 2. The number of hydrogen-bond acceptors (Lipinski definition) is 4.